The Morgan fingerprint density at radius 3 is 2.38 bits per heavy atom. The van der Waals surface area contributed by atoms with E-state index in [0.29, 0.717) is 5.02 Å². The molecule has 0 saturated heterocycles. The molecule has 0 unspecified atom stereocenters. The summed E-state index contributed by atoms with van der Waals surface area (Å²) in [5, 5.41) is 10.2. The number of phenolic OH excluding ortho intramolecular Hbond substituents is 1. The molecular weight excluding hydrogens is 228 g/mol. The van der Waals surface area contributed by atoms with E-state index in [9.17, 15) is 9.90 Å². The van der Waals surface area contributed by atoms with Gasteiger partial charge in [-0.2, -0.15) is 0 Å². The third-order valence-electron chi connectivity index (χ3n) is 2.19. The van der Waals surface area contributed by atoms with Gasteiger partial charge in [0, 0.05) is 16.5 Å². The maximum atomic E-state index is 12.0. The summed E-state index contributed by atoms with van der Waals surface area (Å²) >= 11 is 5.85. The quantitative estimate of drug-likeness (QED) is 0.810. The van der Waals surface area contributed by atoms with Crippen molar-refractivity contribution in [2.45, 2.75) is 20.8 Å². The fraction of sp³-hybridized carbons (Fsp3) is 0.417. The lowest BCUT2D eigenvalue weighted by Gasteiger charge is -2.18. The maximum Gasteiger partial charge on any atom is 0.172 e. The third-order valence-corrected chi connectivity index (χ3v) is 2.40. The first-order valence-corrected chi connectivity index (χ1v) is 5.26. The first-order valence-electron chi connectivity index (χ1n) is 4.88. The molecule has 1 aromatic rings. The van der Waals surface area contributed by atoms with Crippen molar-refractivity contribution < 1.29 is 14.6 Å². The van der Waals surface area contributed by atoms with Gasteiger partial charge in [-0.25, -0.2) is 0 Å². The van der Waals surface area contributed by atoms with E-state index in [1.165, 1.54) is 19.2 Å². The number of hydrogen-bond donors (Lipinski definition) is 1. The molecule has 0 aliphatic rings. The Hall–Kier alpha value is -1.22. The van der Waals surface area contributed by atoms with Gasteiger partial charge in [0.25, 0.3) is 0 Å². The summed E-state index contributed by atoms with van der Waals surface area (Å²) in [4.78, 5) is 12.0. The van der Waals surface area contributed by atoms with Crippen LogP contribution in [0.4, 0.5) is 0 Å². The molecule has 0 bridgehead atoms. The van der Waals surface area contributed by atoms with Gasteiger partial charge < -0.3 is 9.84 Å². The Kier molecular flexibility index (Phi) is 3.48. The normalized spacial score (nSPS) is 11.3. The second kappa shape index (κ2) is 4.34. The molecule has 4 heteroatoms. The monoisotopic (exact) mass is 242 g/mol. The Balaban J connectivity index is 3.34. The van der Waals surface area contributed by atoms with Crippen molar-refractivity contribution in [1.29, 1.82) is 0 Å². The lowest BCUT2D eigenvalue weighted by Crippen LogP contribution is -2.20. The average Bonchev–Trinajstić information content (AvgIpc) is 2.18. The molecule has 0 saturated carbocycles. The molecule has 88 valence electrons. The molecule has 0 spiro atoms. The van der Waals surface area contributed by atoms with Crippen molar-refractivity contribution in [2.75, 3.05) is 7.11 Å². The summed E-state index contributed by atoms with van der Waals surface area (Å²) in [5.74, 6) is -0.127. The van der Waals surface area contributed by atoms with Crippen LogP contribution in [0, 0.1) is 5.41 Å². The van der Waals surface area contributed by atoms with Crippen LogP contribution in [0.2, 0.25) is 5.02 Å². The topological polar surface area (TPSA) is 46.5 Å². The highest BCUT2D eigenvalue weighted by Crippen LogP contribution is 2.36. The van der Waals surface area contributed by atoms with E-state index < -0.39 is 5.41 Å². The van der Waals surface area contributed by atoms with Crippen molar-refractivity contribution in [3.63, 3.8) is 0 Å². The molecule has 1 rings (SSSR count). The highest BCUT2D eigenvalue weighted by atomic mass is 35.5. The highest BCUT2D eigenvalue weighted by molar-refractivity contribution is 6.31. The van der Waals surface area contributed by atoms with E-state index >= 15 is 0 Å². The summed E-state index contributed by atoms with van der Waals surface area (Å²) in [6, 6.07) is 2.92. The van der Waals surface area contributed by atoms with Crippen LogP contribution in [0.5, 0.6) is 11.5 Å². The number of rotatable bonds is 2. The molecule has 0 amide bonds. The van der Waals surface area contributed by atoms with Crippen LogP contribution >= 0.6 is 11.6 Å². The van der Waals surface area contributed by atoms with Crippen LogP contribution in [0.15, 0.2) is 12.1 Å². The third kappa shape index (κ3) is 2.47. The largest absolute Gasteiger partial charge is 0.504 e. The first-order chi connectivity index (χ1) is 7.27. The number of Topliss-reactive ketones (excluding diaryl/α,β-unsaturated/α-hetero) is 1. The van der Waals surface area contributed by atoms with Crippen LogP contribution in [0.1, 0.15) is 31.1 Å². The number of phenols is 1. The molecule has 0 aliphatic heterocycles. The van der Waals surface area contributed by atoms with Crippen LogP contribution in [0.25, 0.3) is 0 Å². The van der Waals surface area contributed by atoms with Gasteiger partial charge in [-0.3, -0.25) is 4.79 Å². The minimum absolute atomic E-state index is 0.160. The molecule has 0 heterocycles. The van der Waals surface area contributed by atoms with Crippen LogP contribution in [-0.2, 0) is 0 Å². The van der Waals surface area contributed by atoms with Gasteiger partial charge in [0.15, 0.2) is 17.3 Å². The lowest BCUT2D eigenvalue weighted by atomic mass is 9.86. The fourth-order valence-electron chi connectivity index (χ4n) is 1.31. The van der Waals surface area contributed by atoms with Crippen LogP contribution < -0.4 is 4.74 Å². The Morgan fingerprint density at radius 1 is 1.38 bits per heavy atom. The number of halogens is 1. The molecule has 0 aromatic heterocycles. The number of methoxy groups -OCH3 is 1. The molecule has 0 fully saturated rings. The summed E-state index contributed by atoms with van der Waals surface area (Å²) in [7, 11) is 1.41. The Labute approximate surface area is 100.0 Å². The number of benzene rings is 1. The van der Waals surface area contributed by atoms with Gasteiger partial charge in [0.1, 0.15) is 0 Å². The van der Waals surface area contributed by atoms with E-state index in [4.69, 9.17) is 16.3 Å². The van der Waals surface area contributed by atoms with Crippen LogP contribution in [0.3, 0.4) is 0 Å². The second-order valence-corrected chi connectivity index (χ2v) is 5.02. The SMILES string of the molecule is COc1cc(Cl)cc(C(=O)C(C)(C)C)c1O. The number of ketones is 1. The molecule has 1 N–H and O–H groups in total. The number of carbonyl (C=O) groups is 1. The zero-order chi connectivity index (χ0) is 12.5. The van der Waals surface area contributed by atoms with Gasteiger partial charge in [0.2, 0.25) is 0 Å². The van der Waals surface area contributed by atoms with E-state index in [-0.39, 0.29) is 22.8 Å². The standard InChI is InChI=1S/C12H15ClO3/c1-12(2,3)11(15)8-5-7(13)6-9(16-4)10(8)14/h5-6,14H,1-4H3. The molecule has 16 heavy (non-hydrogen) atoms. The molecular formula is C12H15ClO3. The maximum absolute atomic E-state index is 12.0. The summed E-state index contributed by atoms with van der Waals surface area (Å²) in [6.45, 7) is 5.34. The Bertz CT molecular complexity index is 419. The smallest absolute Gasteiger partial charge is 0.172 e. The lowest BCUT2D eigenvalue weighted by molar-refractivity contribution is 0.0855. The van der Waals surface area contributed by atoms with Crippen LogP contribution in [-0.4, -0.2) is 18.0 Å². The van der Waals surface area contributed by atoms with Gasteiger partial charge >= 0.3 is 0 Å². The Morgan fingerprint density at radius 2 is 1.94 bits per heavy atom. The highest BCUT2D eigenvalue weighted by Gasteiger charge is 2.27. The average molecular weight is 243 g/mol. The van der Waals surface area contributed by atoms with Crippen molar-refractivity contribution in [1.82, 2.24) is 0 Å². The van der Waals surface area contributed by atoms with E-state index in [1.807, 2.05) is 0 Å². The van der Waals surface area contributed by atoms with E-state index in [1.54, 1.807) is 20.8 Å². The van der Waals surface area contributed by atoms with Gasteiger partial charge in [0.05, 0.1) is 12.7 Å². The zero-order valence-electron chi connectivity index (χ0n) is 9.80. The molecule has 0 aliphatic carbocycles. The van der Waals surface area contributed by atoms with Gasteiger partial charge in [-0.1, -0.05) is 32.4 Å². The predicted octanol–water partition coefficient (Wildman–Crippen LogP) is 3.28. The minimum Gasteiger partial charge on any atom is -0.504 e. The van der Waals surface area contributed by atoms with E-state index in [2.05, 4.69) is 0 Å². The predicted molar refractivity (Wildman–Crippen MR) is 63.5 cm³/mol. The summed E-state index contributed by atoms with van der Waals surface area (Å²) in [5.41, 5.74) is -0.385. The van der Waals surface area contributed by atoms with Crippen molar-refractivity contribution in [2.24, 2.45) is 5.41 Å². The van der Waals surface area contributed by atoms with Gasteiger partial charge in [-0.05, 0) is 6.07 Å². The molecule has 0 radical (unpaired) electrons. The van der Waals surface area contributed by atoms with E-state index in [0.717, 1.165) is 0 Å². The zero-order valence-corrected chi connectivity index (χ0v) is 10.6. The molecule has 0 atom stereocenters. The van der Waals surface area contributed by atoms with Gasteiger partial charge in [-0.15, -0.1) is 0 Å². The number of carbonyl (C=O) groups excluding carboxylic acids is 1. The van der Waals surface area contributed by atoms with Crippen molar-refractivity contribution >= 4 is 17.4 Å². The minimum atomic E-state index is -0.576. The summed E-state index contributed by atoms with van der Waals surface area (Å²) in [6.07, 6.45) is 0. The number of hydrogen-bond acceptors (Lipinski definition) is 3. The molecule has 1 aromatic carbocycles. The number of aromatic hydroxyl groups is 1. The van der Waals surface area contributed by atoms with Crippen molar-refractivity contribution in [3.05, 3.63) is 22.7 Å². The second-order valence-electron chi connectivity index (χ2n) is 4.58. The summed E-state index contributed by atoms with van der Waals surface area (Å²) < 4.78 is 4.94. The van der Waals surface area contributed by atoms with Crippen molar-refractivity contribution in [3.8, 4) is 11.5 Å². The first kappa shape index (κ1) is 12.8. The fourth-order valence-corrected chi connectivity index (χ4v) is 1.52. The number of ether oxygens (including phenoxy) is 1. The molecule has 3 nitrogen and oxygen atoms in total.